The van der Waals surface area contributed by atoms with Crippen LogP contribution >= 0.6 is 11.8 Å². The maximum atomic E-state index is 13.3. The SMILES string of the molecule is CC(C)(C)N(Cl)NC(=O)c1cc(F)ccc1F. The molecular formula is C11H13ClF2N2O. The quantitative estimate of drug-likeness (QED) is 0.657. The van der Waals surface area contributed by atoms with Crippen molar-refractivity contribution < 1.29 is 13.6 Å². The average Bonchev–Trinajstić information content (AvgIpc) is 2.20. The molecule has 1 aromatic carbocycles. The van der Waals surface area contributed by atoms with E-state index in [9.17, 15) is 13.6 Å². The lowest BCUT2D eigenvalue weighted by Gasteiger charge is -2.28. The molecule has 1 rings (SSSR count). The molecule has 0 fully saturated rings. The number of nitrogens with zero attached hydrogens (tertiary/aromatic N) is 1. The molecule has 0 radical (unpaired) electrons. The van der Waals surface area contributed by atoms with Crippen LogP contribution in [0.1, 0.15) is 31.1 Å². The number of amides is 1. The van der Waals surface area contributed by atoms with Crippen molar-refractivity contribution in [2.24, 2.45) is 0 Å². The second-order valence-corrected chi connectivity index (χ2v) is 4.85. The Bertz CT molecular complexity index is 432. The predicted octanol–water partition coefficient (Wildman–Crippen LogP) is 2.86. The molecule has 0 heterocycles. The fraction of sp³-hybridized carbons (Fsp3) is 0.364. The Morgan fingerprint density at radius 2 is 1.94 bits per heavy atom. The average molecular weight is 263 g/mol. The lowest BCUT2D eigenvalue weighted by molar-refractivity contribution is 0.0801. The number of rotatable bonds is 2. The second kappa shape index (κ2) is 4.98. The van der Waals surface area contributed by atoms with E-state index >= 15 is 0 Å². The number of benzene rings is 1. The summed E-state index contributed by atoms with van der Waals surface area (Å²) in [4.78, 5) is 11.6. The molecule has 0 unspecified atom stereocenters. The number of carbonyl (C=O) groups is 1. The summed E-state index contributed by atoms with van der Waals surface area (Å²) in [6.07, 6.45) is 0. The first kappa shape index (κ1) is 13.9. The minimum absolute atomic E-state index is 0.389. The van der Waals surface area contributed by atoms with Gasteiger partial charge in [0.2, 0.25) is 0 Å². The molecule has 0 saturated heterocycles. The third-order valence-electron chi connectivity index (χ3n) is 1.96. The lowest BCUT2D eigenvalue weighted by atomic mass is 10.1. The van der Waals surface area contributed by atoms with Crippen molar-refractivity contribution in [1.82, 2.24) is 9.95 Å². The van der Waals surface area contributed by atoms with Crippen molar-refractivity contribution in [2.45, 2.75) is 26.3 Å². The summed E-state index contributed by atoms with van der Waals surface area (Å²) in [5, 5.41) is 0. The highest BCUT2D eigenvalue weighted by molar-refractivity contribution is 6.14. The van der Waals surface area contributed by atoms with Crippen LogP contribution in [-0.2, 0) is 0 Å². The molecule has 0 spiro atoms. The molecule has 0 saturated carbocycles. The smallest absolute Gasteiger partial charge is 0.269 e. The summed E-state index contributed by atoms with van der Waals surface area (Å²) >= 11 is 5.78. The Morgan fingerprint density at radius 1 is 1.35 bits per heavy atom. The molecule has 1 N–H and O–H groups in total. The van der Waals surface area contributed by atoms with Crippen LogP contribution in [0.5, 0.6) is 0 Å². The third kappa shape index (κ3) is 3.64. The van der Waals surface area contributed by atoms with E-state index in [-0.39, 0.29) is 5.56 Å². The van der Waals surface area contributed by atoms with Gasteiger partial charge in [0.15, 0.2) is 0 Å². The Hall–Kier alpha value is -1.20. The van der Waals surface area contributed by atoms with Crippen LogP contribution in [-0.4, -0.2) is 16.0 Å². The van der Waals surface area contributed by atoms with Crippen molar-refractivity contribution in [2.75, 3.05) is 0 Å². The van der Waals surface area contributed by atoms with Gasteiger partial charge >= 0.3 is 0 Å². The maximum Gasteiger partial charge on any atom is 0.269 e. The molecule has 0 aromatic heterocycles. The summed E-state index contributed by atoms with van der Waals surface area (Å²) in [6, 6.07) is 2.65. The molecule has 17 heavy (non-hydrogen) atoms. The van der Waals surface area contributed by atoms with E-state index in [4.69, 9.17) is 11.8 Å². The molecule has 0 bridgehead atoms. The number of nitrogens with one attached hydrogen (secondary N) is 1. The number of carbonyl (C=O) groups excluding carboxylic acids is 1. The molecule has 1 amide bonds. The first-order valence-electron chi connectivity index (χ1n) is 4.94. The first-order valence-corrected chi connectivity index (χ1v) is 5.27. The van der Waals surface area contributed by atoms with E-state index in [0.717, 1.165) is 22.7 Å². The highest BCUT2D eigenvalue weighted by Crippen LogP contribution is 2.15. The number of hydrogen-bond donors (Lipinski definition) is 1. The van der Waals surface area contributed by atoms with Gasteiger partial charge < -0.3 is 0 Å². The lowest BCUT2D eigenvalue weighted by Crippen LogP contribution is -2.46. The number of hydrogen-bond acceptors (Lipinski definition) is 2. The van der Waals surface area contributed by atoms with Gasteiger partial charge in [-0.3, -0.25) is 10.2 Å². The number of hydrazine groups is 1. The topological polar surface area (TPSA) is 32.3 Å². The molecule has 0 aliphatic rings. The highest BCUT2D eigenvalue weighted by Gasteiger charge is 2.23. The summed E-state index contributed by atoms with van der Waals surface area (Å²) in [6.45, 7) is 5.26. The third-order valence-corrected chi connectivity index (χ3v) is 2.55. The van der Waals surface area contributed by atoms with Crippen LogP contribution in [0.15, 0.2) is 18.2 Å². The van der Waals surface area contributed by atoms with E-state index in [1.165, 1.54) is 0 Å². The van der Waals surface area contributed by atoms with E-state index in [0.29, 0.717) is 0 Å². The van der Waals surface area contributed by atoms with Gasteiger partial charge in [-0.25, -0.2) is 8.78 Å². The van der Waals surface area contributed by atoms with E-state index in [1.807, 2.05) is 0 Å². The van der Waals surface area contributed by atoms with Crippen LogP contribution in [0.3, 0.4) is 0 Å². The standard InChI is InChI=1S/C11H13ClF2N2O/c1-11(2,3)16(12)15-10(17)8-6-7(13)4-5-9(8)14/h4-6H,1-3H3,(H,15,17). The fourth-order valence-electron chi connectivity index (χ4n) is 0.989. The van der Waals surface area contributed by atoms with Crippen LogP contribution in [0.4, 0.5) is 8.78 Å². The normalized spacial score (nSPS) is 11.7. The highest BCUT2D eigenvalue weighted by atomic mass is 35.5. The predicted molar refractivity (Wildman–Crippen MR) is 61.3 cm³/mol. The van der Waals surface area contributed by atoms with Gasteiger partial charge in [-0.15, -0.1) is 4.53 Å². The number of halogens is 3. The molecule has 6 heteroatoms. The minimum Gasteiger partial charge on any atom is -0.270 e. The minimum atomic E-state index is -0.803. The molecule has 0 aliphatic carbocycles. The first-order chi connectivity index (χ1) is 7.71. The van der Waals surface area contributed by atoms with E-state index in [1.54, 1.807) is 20.8 Å². The van der Waals surface area contributed by atoms with Crippen LogP contribution in [0, 0.1) is 11.6 Å². The summed E-state index contributed by atoms with van der Waals surface area (Å²) in [5.74, 6) is -2.29. The monoisotopic (exact) mass is 262 g/mol. The summed E-state index contributed by atoms with van der Waals surface area (Å²) in [7, 11) is 0. The molecule has 0 aliphatic heterocycles. The zero-order chi connectivity index (χ0) is 13.2. The molecule has 0 atom stereocenters. The summed E-state index contributed by atoms with van der Waals surface area (Å²) in [5.41, 5.74) is 1.33. The zero-order valence-electron chi connectivity index (χ0n) is 9.72. The molecule has 94 valence electrons. The Kier molecular flexibility index (Phi) is 4.06. The fourth-order valence-corrected chi connectivity index (χ4v) is 1.07. The van der Waals surface area contributed by atoms with Gasteiger partial charge in [-0.1, -0.05) is 0 Å². The summed E-state index contributed by atoms with van der Waals surface area (Å²) < 4.78 is 27.2. The van der Waals surface area contributed by atoms with Crippen molar-refractivity contribution in [3.8, 4) is 0 Å². The van der Waals surface area contributed by atoms with E-state index in [2.05, 4.69) is 5.43 Å². The Balaban J connectivity index is 2.87. The van der Waals surface area contributed by atoms with Crippen molar-refractivity contribution in [3.63, 3.8) is 0 Å². The van der Waals surface area contributed by atoms with Gasteiger partial charge in [-0.05, 0) is 39.0 Å². The van der Waals surface area contributed by atoms with Gasteiger partial charge in [0.05, 0.1) is 5.56 Å². The van der Waals surface area contributed by atoms with Gasteiger partial charge in [0.25, 0.3) is 5.91 Å². The second-order valence-electron chi connectivity index (χ2n) is 4.52. The van der Waals surface area contributed by atoms with Crippen LogP contribution in [0.25, 0.3) is 0 Å². The van der Waals surface area contributed by atoms with Gasteiger partial charge in [0.1, 0.15) is 11.6 Å². The van der Waals surface area contributed by atoms with Gasteiger partial charge in [0, 0.05) is 17.3 Å². The molecule has 3 nitrogen and oxygen atoms in total. The Morgan fingerprint density at radius 3 is 2.47 bits per heavy atom. The van der Waals surface area contributed by atoms with Crippen molar-refractivity contribution in [3.05, 3.63) is 35.4 Å². The van der Waals surface area contributed by atoms with Crippen molar-refractivity contribution >= 4 is 17.7 Å². The van der Waals surface area contributed by atoms with Crippen molar-refractivity contribution in [1.29, 1.82) is 0 Å². The van der Waals surface area contributed by atoms with E-state index < -0.39 is 23.1 Å². The maximum absolute atomic E-state index is 13.3. The largest absolute Gasteiger partial charge is 0.270 e. The Labute approximate surface area is 103 Å². The zero-order valence-corrected chi connectivity index (χ0v) is 10.5. The van der Waals surface area contributed by atoms with Gasteiger partial charge in [-0.2, -0.15) is 0 Å². The molecule has 1 aromatic rings. The molecular weight excluding hydrogens is 250 g/mol. The van der Waals surface area contributed by atoms with Crippen LogP contribution in [0.2, 0.25) is 0 Å². The van der Waals surface area contributed by atoms with Crippen LogP contribution < -0.4 is 5.43 Å².